The van der Waals surface area contributed by atoms with Gasteiger partial charge in [-0.05, 0) is 25.1 Å². The Kier molecular flexibility index (Phi) is 3.84. The van der Waals surface area contributed by atoms with E-state index in [1.807, 2.05) is 29.1 Å². The molecule has 0 spiro atoms. The van der Waals surface area contributed by atoms with Crippen LogP contribution in [0.15, 0.2) is 33.6 Å². The van der Waals surface area contributed by atoms with Gasteiger partial charge in [0.15, 0.2) is 0 Å². The number of anilines is 1. The zero-order valence-corrected chi connectivity index (χ0v) is 11.7. The zero-order valence-electron chi connectivity index (χ0n) is 8.58. The minimum atomic E-state index is 0.157. The maximum absolute atomic E-state index is 6.12. The van der Waals surface area contributed by atoms with E-state index in [4.69, 9.17) is 11.6 Å². The van der Waals surface area contributed by atoms with Gasteiger partial charge >= 0.3 is 0 Å². The highest BCUT2D eigenvalue weighted by molar-refractivity contribution is 9.10. The van der Waals surface area contributed by atoms with Crippen molar-refractivity contribution in [2.24, 2.45) is 0 Å². The lowest BCUT2D eigenvalue weighted by atomic mass is 10.2. The topological polar surface area (TPSA) is 24.9 Å². The maximum atomic E-state index is 6.12. The third kappa shape index (κ3) is 2.75. The number of benzene rings is 1. The van der Waals surface area contributed by atoms with E-state index >= 15 is 0 Å². The van der Waals surface area contributed by atoms with Crippen molar-refractivity contribution in [1.29, 1.82) is 0 Å². The van der Waals surface area contributed by atoms with E-state index in [-0.39, 0.29) is 6.04 Å². The Balaban J connectivity index is 2.15. The van der Waals surface area contributed by atoms with Crippen molar-refractivity contribution in [3.8, 4) is 0 Å². The Morgan fingerprint density at radius 1 is 1.50 bits per heavy atom. The molecule has 2 rings (SSSR count). The normalized spacial score (nSPS) is 12.4. The molecule has 1 unspecified atom stereocenters. The summed E-state index contributed by atoms with van der Waals surface area (Å²) in [6.07, 6.45) is 0. The van der Waals surface area contributed by atoms with Crippen LogP contribution < -0.4 is 5.32 Å². The van der Waals surface area contributed by atoms with Crippen molar-refractivity contribution >= 4 is 44.6 Å². The van der Waals surface area contributed by atoms with Gasteiger partial charge in [-0.1, -0.05) is 27.5 Å². The Hall–Kier alpha value is -0.580. The van der Waals surface area contributed by atoms with Crippen LogP contribution in [0.1, 0.15) is 18.7 Å². The van der Waals surface area contributed by atoms with Crippen LogP contribution in [-0.4, -0.2) is 4.98 Å². The van der Waals surface area contributed by atoms with E-state index < -0.39 is 0 Å². The van der Waals surface area contributed by atoms with Crippen LogP contribution >= 0.6 is 38.9 Å². The second-order valence-corrected chi connectivity index (χ2v) is 5.45. The summed E-state index contributed by atoms with van der Waals surface area (Å²) < 4.78 is 0.976. The molecule has 0 aliphatic heterocycles. The second kappa shape index (κ2) is 5.17. The molecule has 0 saturated heterocycles. The minimum Gasteiger partial charge on any atom is -0.376 e. The largest absolute Gasteiger partial charge is 0.376 e. The summed E-state index contributed by atoms with van der Waals surface area (Å²) in [7, 11) is 0. The smallest absolute Gasteiger partial charge is 0.0795 e. The number of thiazole rings is 1. The second-order valence-electron chi connectivity index (χ2n) is 3.40. The molecule has 0 aliphatic carbocycles. The van der Waals surface area contributed by atoms with Crippen LogP contribution in [0.4, 0.5) is 5.69 Å². The molecule has 1 atom stereocenters. The number of aromatic nitrogens is 1. The van der Waals surface area contributed by atoms with Gasteiger partial charge in [-0.15, -0.1) is 11.3 Å². The summed E-state index contributed by atoms with van der Waals surface area (Å²) in [5, 5.41) is 6.07. The van der Waals surface area contributed by atoms with Crippen molar-refractivity contribution < 1.29 is 0 Å². The molecule has 1 aromatic heterocycles. The summed E-state index contributed by atoms with van der Waals surface area (Å²) in [6.45, 7) is 2.06. The summed E-state index contributed by atoms with van der Waals surface area (Å²) in [4.78, 5) is 4.26. The highest BCUT2D eigenvalue weighted by Crippen LogP contribution is 2.28. The molecule has 0 radical (unpaired) electrons. The first-order valence-corrected chi connectivity index (χ1v) is 6.88. The summed E-state index contributed by atoms with van der Waals surface area (Å²) in [6, 6.07) is 5.94. The predicted molar refractivity (Wildman–Crippen MR) is 73.3 cm³/mol. The fourth-order valence-corrected chi connectivity index (χ4v) is 2.73. The fourth-order valence-electron chi connectivity index (χ4n) is 1.35. The average Bonchev–Trinajstić information content (AvgIpc) is 2.75. The Morgan fingerprint density at radius 2 is 2.31 bits per heavy atom. The number of hydrogen-bond acceptors (Lipinski definition) is 3. The van der Waals surface area contributed by atoms with Crippen LogP contribution in [0.5, 0.6) is 0 Å². The number of rotatable bonds is 3. The highest BCUT2D eigenvalue weighted by atomic mass is 79.9. The van der Waals surface area contributed by atoms with Gasteiger partial charge in [0.1, 0.15) is 0 Å². The molecule has 1 N–H and O–H groups in total. The SMILES string of the molecule is CC(Nc1ccc(Br)cc1Cl)c1cscn1. The first-order chi connectivity index (χ1) is 7.66. The molecule has 2 aromatic rings. The van der Waals surface area contributed by atoms with Gasteiger partial charge in [0, 0.05) is 9.85 Å². The van der Waals surface area contributed by atoms with Crippen molar-refractivity contribution in [2.75, 3.05) is 5.32 Å². The van der Waals surface area contributed by atoms with Crippen molar-refractivity contribution in [1.82, 2.24) is 4.98 Å². The van der Waals surface area contributed by atoms with Gasteiger partial charge in [-0.25, -0.2) is 4.98 Å². The molecule has 1 heterocycles. The van der Waals surface area contributed by atoms with E-state index in [9.17, 15) is 0 Å². The molecule has 0 saturated carbocycles. The van der Waals surface area contributed by atoms with E-state index in [2.05, 4.69) is 33.2 Å². The van der Waals surface area contributed by atoms with Crippen LogP contribution in [0.3, 0.4) is 0 Å². The standard InChI is InChI=1S/C11H10BrClN2S/c1-7(11-5-16-6-14-11)15-10-3-2-8(12)4-9(10)13/h2-7,15H,1H3. The Bertz CT molecular complexity index is 473. The predicted octanol–water partition coefficient (Wildman–Crippen LogP) is 4.73. The quantitative estimate of drug-likeness (QED) is 0.885. The molecule has 16 heavy (non-hydrogen) atoms. The first-order valence-electron chi connectivity index (χ1n) is 4.76. The van der Waals surface area contributed by atoms with Crippen molar-refractivity contribution in [3.05, 3.63) is 44.3 Å². The molecule has 0 aliphatic rings. The van der Waals surface area contributed by atoms with E-state index in [0.717, 1.165) is 15.9 Å². The van der Waals surface area contributed by atoms with Crippen LogP contribution in [0.2, 0.25) is 5.02 Å². The van der Waals surface area contributed by atoms with Gasteiger partial charge in [0.25, 0.3) is 0 Å². The lowest BCUT2D eigenvalue weighted by Gasteiger charge is -2.14. The molecule has 0 amide bonds. The van der Waals surface area contributed by atoms with E-state index in [1.165, 1.54) is 0 Å². The van der Waals surface area contributed by atoms with E-state index in [0.29, 0.717) is 5.02 Å². The molecule has 84 valence electrons. The summed E-state index contributed by atoms with van der Waals surface area (Å²) >= 11 is 11.1. The number of halogens is 2. The third-order valence-corrected chi connectivity index (χ3v) is 3.61. The first kappa shape index (κ1) is 11.9. The van der Waals surface area contributed by atoms with Crippen LogP contribution in [-0.2, 0) is 0 Å². The average molecular weight is 318 g/mol. The molecule has 0 fully saturated rings. The summed E-state index contributed by atoms with van der Waals surface area (Å²) in [5.74, 6) is 0. The summed E-state index contributed by atoms with van der Waals surface area (Å²) in [5.41, 5.74) is 3.78. The molecule has 0 bridgehead atoms. The molecule has 5 heteroatoms. The monoisotopic (exact) mass is 316 g/mol. The van der Waals surface area contributed by atoms with Gasteiger partial charge in [0.2, 0.25) is 0 Å². The minimum absolute atomic E-state index is 0.157. The molecular formula is C11H10BrClN2S. The maximum Gasteiger partial charge on any atom is 0.0795 e. The lowest BCUT2D eigenvalue weighted by Crippen LogP contribution is -2.07. The highest BCUT2D eigenvalue weighted by Gasteiger charge is 2.09. The van der Waals surface area contributed by atoms with Gasteiger partial charge in [-0.2, -0.15) is 0 Å². The van der Waals surface area contributed by atoms with Gasteiger partial charge in [-0.3, -0.25) is 0 Å². The Labute approximate surface area is 112 Å². The lowest BCUT2D eigenvalue weighted by molar-refractivity contribution is 0.850. The fraction of sp³-hybridized carbons (Fsp3) is 0.182. The van der Waals surface area contributed by atoms with Crippen LogP contribution in [0.25, 0.3) is 0 Å². The molecule has 1 aromatic carbocycles. The van der Waals surface area contributed by atoms with E-state index in [1.54, 1.807) is 11.3 Å². The molecular weight excluding hydrogens is 308 g/mol. The van der Waals surface area contributed by atoms with Crippen LogP contribution in [0, 0.1) is 0 Å². The van der Waals surface area contributed by atoms with Gasteiger partial charge in [0.05, 0.1) is 28.0 Å². The van der Waals surface area contributed by atoms with Gasteiger partial charge < -0.3 is 5.32 Å². The molecule has 2 nitrogen and oxygen atoms in total. The third-order valence-electron chi connectivity index (χ3n) is 2.20. The number of hydrogen-bond donors (Lipinski definition) is 1. The zero-order chi connectivity index (χ0) is 11.5. The number of nitrogens with zero attached hydrogens (tertiary/aromatic N) is 1. The number of nitrogens with one attached hydrogen (secondary N) is 1. The van der Waals surface area contributed by atoms with Crippen molar-refractivity contribution in [3.63, 3.8) is 0 Å². The Morgan fingerprint density at radius 3 is 2.94 bits per heavy atom. The van der Waals surface area contributed by atoms with Crippen molar-refractivity contribution in [2.45, 2.75) is 13.0 Å².